The van der Waals surface area contributed by atoms with Crippen LogP contribution < -0.4 is 0 Å². The van der Waals surface area contributed by atoms with E-state index in [-0.39, 0.29) is 0 Å². The summed E-state index contributed by atoms with van der Waals surface area (Å²) >= 11 is 0. The molecule has 0 nitrogen and oxygen atoms in total. The van der Waals surface area contributed by atoms with E-state index >= 15 is 0 Å². The molecule has 0 N–H and O–H groups in total. The molecule has 1 aliphatic rings. The van der Waals surface area contributed by atoms with Crippen LogP contribution in [0.5, 0.6) is 0 Å². The highest BCUT2D eigenvalue weighted by Gasteiger charge is 1.90. The van der Waals surface area contributed by atoms with Crippen LogP contribution in [0.2, 0.25) is 0 Å². The average molecular weight is 229 g/mol. The molecule has 1 radical (unpaired) electrons. The maximum atomic E-state index is 3.32. The van der Waals surface area contributed by atoms with Crippen molar-refractivity contribution in [3.8, 4) is 0 Å². The molecule has 17 heavy (non-hydrogen) atoms. The zero-order valence-electron chi connectivity index (χ0n) is 10.9. The molecular formula is C17H25. The molecule has 0 heterocycles. The Kier molecular flexibility index (Phi) is 9.44. The summed E-state index contributed by atoms with van der Waals surface area (Å²) in [5.41, 5.74) is 0. The summed E-state index contributed by atoms with van der Waals surface area (Å²) in [6.07, 6.45) is 30.0. The first-order valence-electron chi connectivity index (χ1n) is 7.05. The molecule has 0 aromatic rings. The van der Waals surface area contributed by atoms with E-state index in [1.165, 1.54) is 51.4 Å². The Balaban J connectivity index is 2.29. The predicted molar refractivity (Wildman–Crippen MR) is 76.8 cm³/mol. The van der Waals surface area contributed by atoms with Crippen LogP contribution >= 0.6 is 0 Å². The Labute approximate surface area is 107 Å². The highest BCUT2D eigenvalue weighted by atomic mass is 14.0. The molecule has 0 saturated carbocycles. The SMILES string of the molecule is [C]1=C/C=C/C=C/C=C\CCCCCCCCC\1. The molecule has 0 spiro atoms. The van der Waals surface area contributed by atoms with Gasteiger partial charge in [0.25, 0.3) is 0 Å². The predicted octanol–water partition coefficient (Wildman–Crippen LogP) is 5.54. The normalized spacial score (nSPS) is 27.8. The Morgan fingerprint density at radius 1 is 0.588 bits per heavy atom. The standard InChI is InChI=1S/C17H25/c1-2-4-6-8-10-12-14-16-17-15-13-11-9-7-5-3-1/h1-7H,8,10-17H2/b2-1+,5-3+,6-4-,9-7?. The van der Waals surface area contributed by atoms with Crippen LogP contribution in [-0.4, -0.2) is 0 Å². The van der Waals surface area contributed by atoms with Crippen LogP contribution in [0.1, 0.15) is 57.8 Å². The van der Waals surface area contributed by atoms with Crippen LogP contribution in [0.3, 0.4) is 0 Å². The van der Waals surface area contributed by atoms with E-state index in [9.17, 15) is 0 Å². The largest absolute Gasteiger partial charge is 0.0845 e. The summed E-state index contributed by atoms with van der Waals surface area (Å²) in [5, 5.41) is 0. The van der Waals surface area contributed by atoms with Gasteiger partial charge in [0.1, 0.15) is 0 Å². The van der Waals surface area contributed by atoms with Crippen molar-refractivity contribution in [2.45, 2.75) is 57.8 Å². The van der Waals surface area contributed by atoms with Gasteiger partial charge in [-0.05, 0) is 31.8 Å². The summed E-state index contributed by atoms with van der Waals surface area (Å²) in [7, 11) is 0. The van der Waals surface area contributed by atoms with Crippen molar-refractivity contribution in [3.05, 3.63) is 48.6 Å². The molecule has 1 rings (SSSR count). The summed E-state index contributed by atoms with van der Waals surface area (Å²) in [5.74, 6) is 0. The van der Waals surface area contributed by atoms with Gasteiger partial charge in [-0.15, -0.1) is 0 Å². The molecule has 0 amide bonds. The van der Waals surface area contributed by atoms with Gasteiger partial charge < -0.3 is 0 Å². The Hall–Kier alpha value is -1.04. The molecule has 1 aliphatic carbocycles. The van der Waals surface area contributed by atoms with Gasteiger partial charge in [0.15, 0.2) is 0 Å². The second kappa shape index (κ2) is 11.4. The summed E-state index contributed by atoms with van der Waals surface area (Å²) in [6, 6.07) is 0. The zero-order valence-corrected chi connectivity index (χ0v) is 10.9. The minimum Gasteiger partial charge on any atom is -0.0845 e. The van der Waals surface area contributed by atoms with Crippen molar-refractivity contribution >= 4 is 0 Å². The third-order valence-corrected chi connectivity index (χ3v) is 2.99. The van der Waals surface area contributed by atoms with E-state index in [1.807, 2.05) is 6.08 Å². The molecule has 0 atom stereocenters. The van der Waals surface area contributed by atoms with Crippen molar-refractivity contribution in [2.24, 2.45) is 0 Å². The van der Waals surface area contributed by atoms with Crippen LogP contribution in [0, 0.1) is 6.08 Å². The second-order valence-corrected chi connectivity index (χ2v) is 4.58. The fourth-order valence-corrected chi connectivity index (χ4v) is 1.95. The van der Waals surface area contributed by atoms with E-state index < -0.39 is 0 Å². The molecular weight excluding hydrogens is 204 g/mol. The molecule has 0 bridgehead atoms. The lowest BCUT2D eigenvalue weighted by Gasteiger charge is -1.99. The van der Waals surface area contributed by atoms with Gasteiger partial charge in [-0.1, -0.05) is 74.6 Å². The van der Waals surface area contributed by atoms with Crippen molar-refractivity contribution < 1.29 is 0 Å². The minimum absolute atomic E-state index is 1.11. The number of rotatable bonds is 0. The van der Waals surface area contributed by atoms with Gasteiger partial charge in [0.2, 0.25) is 0 Å². The third-order valence-electron chi connectivity index (χ3n) is 2.99. The second-order valence-electron chi connectivity index (χ2n) is 4.58. The van der Waals surface area contributed by atoms with Crippen LogP contribution in [0.4, 0.5) is 0 Å². The summed E-state index contributed by atoms with van der Waals surface area (Å²) in [6.45, 7) is 0. The first-order chi connectivity index (χ1) is 8.50. The molecule has 0 aliphatic heterocycles. The third kappa shape index (κ3) is 9.86. The van der Waals surface area contributed by atoms with Crippen molar-refractivity contribution in [3.63, 3.8) is 0 Å². The smallest absolute Gasteiger partial charge is 0.0276 e. The van der Waals surface area contributed by atoms with Crippen LogP contribution in [0.25, 0.3) is 0 Å². The summed E-state index contributed by atoms with van der Waals surface area (Å²) < 4.78 is 0. The quantitative estimate of drug-likeness (QED) is 0.511. The molecule has 0 heteroatoms. The van der Waals surface area contributed by atoms with Gasteiger partial charge in [-0.2, -0.15) is 0 Å². The molecule has 0 saturated heterocycles. The topological polar surface area (TPSA) is 0 Å². The van der Waals surface area contributed by atoms with Gasteiger partial charge in [-0.3, -0.25) is 0 Å². The molecule has 0 unspecified atom stereocenters. The van der Waals surface area contributed by atoms with Crippen LogP contribution in [-0.2, 0) is 0 Å². The Bertz CT molecular complexity index is 238. The van der Waals surface area contributed by atoms with Gasteiger partial charge in [0, 0.05) is 0 Å². The highest BCUT2D eigenvalue weighted by molar-refractivity contribution is 5.14. The van der Waals surface area contributed by atoms with Crippen molar-refractivity contribution in [1.82, 2.24) is 0 Å². The molecule has 93 valence electrons. The van der Waals surface area contributed by atoms with E-state index in [0.29, 0.717) is 0 Å². The molecule has 0 aromatic carbocycles. The number of hydrogen-bond acceptors (Lipinski definition) is 0. The summed E-state index contributed by atoms with van der Waals surface area (Å²) in [4.78, 5) is 0. The number of allylic oxidation sites excluding steroid dienone is 8. The lowest BCUT2D eigenvalue weighted by atomic mass is 10.1. The van der Waals surface area contributed by atoms with Gasteiger partial charge >= 0.3 is 0 Å². The lowest BCUT2D eigenvalue weighted by Crippen LogP contribution is -1.80. The van der Waals surface area contributed by atoms with Crippen molar-refractivity contribution in [2.75, 3.05) is 0 Å². The van der Waals surface area contributed by atoms with Crippen molar-refractivity contribution in [1.29, 1.82) is 0 Å². The van der Waals surface area contributed by atoms with Gasteiger partial charge in [0.05, 0.1) is 0 Å². The van der Waals surface area contributed by atoms with E-state index in [0.717, 1.165) is 6.42 Å². The maximum absolute atomic E-state index is 3.32. The average Bonchev–Trinajstić information content (AvgIpc) is 2.35. The maximum Gasteiger partial charge on any atom is -0.0276 e. The Morgan fingerprint density at radius 3 is 2.12 bits per heavy atom. The molecule has 0 aromatic heterocycles. The minimum atomic E-state index is 1.11. The van der Waals surface area contributed by atoms with Gasteiger partial charge in [-0.25, -0.2) is 0 Å². The van der Waals surface area contributed by atoms with E-state index in [1.54, 1.807) is 0 Å². The Morgan fingerprint density at radius 2 is 1.24 bits per heavy atom. The zero-order chi connectivity index (χ0) is 12.0. The highest BCUT2D eigenvalue weighted by Crippen LogP contribution is 2.10. The van der Waals surface area contributed by atoms with E-state index in [2.05, 4.69) is 42.5 Å². The number of hydrogen-bond donors (Lipinski definition) is 0. The fourth-order valence-electron chi connectivity index (χ4n) is 1.95. The monoisotopic (exact) mass is 229 g/mol. The lowest BCUT2D eigenvalue weighted by molar-refractivity contribution is 0.582. The van der Waals surface area contributed by atoms with E-state index in [4.69, 9.17) is 0 Å². The fraction of sp³-hybridized carbons (Fsp3) is 0.529. The first kappa shape index (κ1) is 14.0. The first-order valence-corrected chi connectivity index (χ1v) is 7.05. The molecule has 0 fully saturated rings. The van der Waals surface area contributed by atoms with Crippen LogP contribution in [0.15, 0.2) is 42.5 Å².